The van der Waals surface area contributed by atoms with Gasteiger partial charge in [-0.15, -0.1) is 0 Å². The van der Waals surface area contributed by atoms with Crippen LogP contribution in [0.4, 0.5) is 27.6 Å². The van der Waals surface area contributed by atoms with E-state index in [0.29, 0.717) is 6.54 Å². The van der Waals surface area contributed by atoms with Crippen molar-refractivity contribution in [1.82, 2.24) is 10.2 Å². The van der Waals surface area contributed by atoms with Crippen LogP contribution in [-0.4, -0.2) is 42.5 Å². The maximum absolute atomic E-state index is 13.3. The van der Waals surface area contributed by atoms with E-state index in [4.69, 9.17) is 0 Å². The van der Waals surface area contributed by atoms with E-state index in [9.17, 15) is 31.5 Å². The molecule has 10 heteroatoms. The molecule has 2 aromatic carbocycles. The molecule has 162 valence electrons. The molecule has 2 rings (SSSR count). The van der Waals surface area contributed by atoms with Crippen LogP contribution >= 0.6 is 0 Å². The molecule has 0 aliphatic carbocycles. The average Bonchev–Trinajstić information content (AvgIpc) is 2.68. The van der Waals surface area contributed by atoms with Crippen molar-refractivity contribution in [3.8, 4) is 0 Å². The topological polar surface area (TPSA) is 61.4 Å². The minimum Gasteiger partial charge on any atom is -0.343 e. The van der Waals surface area contributed by atoms with Crippen LogP contribution in [0, 0.1) is 11.6 Å². The van der Waals surface area contributed by atoms with Gasteiger partial charge < -0.3 is 10.6 Å². The predicted octanol–water partition coefficient (Wildman–Crippen LogP) is 3.72. The second-order valence-corrected chi connectivity index (χ2v) is 6.70. The summed E-state index contributed by atoms with van der Waals surface area (Å²) in [5, 5.41) is 4.28. The summed E-state index contributed by atoms with van der Waals surface area (Å²) in [7, 11) is 1.67. The normalized spacial score (nSPS) is 12.5. The molecule has 1 atom stereocenters. The van der Waals surface area contributed by atoms with Gasteiger partial charge in [-0.1, -0.05) is 12.1 Å². The molecule has 0 fully saturated rings. The quantitative estimate of drug-likeness (QED) is 0.660. The first-order chi connectivity index (χ1) is 14.0. The summed E-state index contributed by atoms with van der Waals surface area (Å²) in [6.07, 6.45) is -4.49. The molecular weight excluding hydrogens is 409 g/mol. The molecule has 2 amide bonds. The number of alkyl halides is 3. The van der Waals surface area contributed by atoms with E-state index >= 15 is 0 Å². The number of carbonyl (C=O) groups excluding carboxylic acids is 2. The molecule has 0 aliphatic rings. The lowest BCUT2D eigenvalue weighted by Gasteiger charge is -2.24. The predicted molar refractivity (Wildman–Crippen MR) is 101 cm³/mol. The lowest BCUT2D eigenvalue weighted by Crippen LogP contribution is -2.39. The Balaban J connectivity index is 1.92. The van der Waals surface area contributed by atoms with Crippen molar-refractivity contribution in [3.63, 3.8) is 0 Å². The molecule has 30 heavy (non-hydrogen) atoms. The number of nitrogens with zero attached hydrogens (tertiary/aromatic N) is 1. The first kappa shape index (κ1) is 23.3. The van der Waals surface area contributed by atoms with E-state index in [1.807, 2.05) is 0 Å². The summed E-state index contributed by atoms with van der Waals surface area (Å²) in [6, 6.07) is 8.31. The van der Waals surface area contributed by atoms with Gasteiger partial charge in [0.1, 0.15) is 6.54 Å². The summed E-state index contributed by atoms with van der Waals surface area (Å²) in [5.74, 6) is -3.37. The Morgan fingerprint density at radius 1 is 1.03 bits per heavy atom. The zero-order valence-corrected chi connectivity index (χ0v) is 16.2. The number of likely N-dealkylation sites (N-methyl/N-ethyl adjacent to an activating group) is 1. The van der Waals surface area contributed by atoms with Gasteiger partial charge in [0.05, 0.1) is 6.04 Å². The lowest BCUT2D eigenvalue weighted by atomic mass is 10.1. The first-order valence-electron chi connectivity index (χ1n) is 8.86. The first-order valence-corrected chi connectivity index (χ1v) is 8.86. The maximum Gasteiger partial charge on any atom is 0.405 e. The van der Waals surface area contributed by atoms with Gasteiger partial charge in [-0.3, -0.25) is 14.5 Å². The molecule has 5 nitrogen and oxygen atoms in total. The minimum atomic E-state index is -4.49. The van der Waals surface area contributed by atoms with Gasteiger partial charge in [0, 0.05) is 23.9 Å². The summed E-state index contributed by atoms with van der Waals surface area (Å²) in [4.78, 5) is 25.7. The Bertz CT molecular complexity index is 900. The van der Waals surface area contributed by atoms with Crippen molar-refractivity contribution >= 4 is 17.5 Å². The third kappa shape index (κ3) is 6.80. The van der Waals surface area contributed by atoms with Crippen LogP contribution in [0.25, 0.3) is 0 Å². The highest BCUT2D eigenvalue weighted by atomic mass is 19.4. The van der Waals surface area contributed by atoms with Crippen LogP contribution in [0.15, 0.2) is 42.5 Å². The van der Waals surface area contributed by atoms with Crippen molar-refractivity contribution in [1.29, 1.82) is 0 Å². The Kier molecular flexibility index (Phi) is 7.49. The molecule has 0 aliphatic heterocycles. The van der Waals surface area contributed by atoms with Gasteiger partial charge in [0.15, 0.2) is 11.6 Å². The van der Waals surface area contributed by atoms with Crippen LogP contribution in [-0.2, 0) is 11.3 Å². The number of benzene rings is 2. The van der Waals surface area contributed by atoms with E-state index in [0.717, 1.165) is 17.7 Å². The van der Waals surface area contributed by atoms with Crippen molar-refractivity contribution in [2.75, 3.05) is 18.9 Å². The third-order valence-corrected chi connectivity index (χ3v) is 4.33. The fourth-order valence-corrected chi connectivity index (χ4v) is 2.49. The molecule has 0 heterocycles. The molecule has 2 N–H and O–H groups in total. The van der Waals surface area contributed by atoms with Gasteiger partial charge in [0.2, 0.25) is 5.91 Å². The molecule has 2 aromatic rings. The Labute approximate surface area is 169 Å². The third-order valence-electron chi connectivity index (χ3n) is 4.33. The summed E-state index contributed by atoms with van der Waals surface area (Å²) < 4.78 is 62.7. The fraction of sp³-hybridized carbons (Fsp3) is 0.300. The monoisotopic (exact) mass is 429 g/mol. The zero-order valence-electron chi connectivity index (χ0n) is 16.2. The van der Waals surface area contributed by atoms with Crippen LogP contribution < -0.4 is 10.6 Å². The summed E-state index contributed by atoms with van der Waals surface area (Å²) in [6.45, 7) is 0.506. The molecule has 0 bridgehead atoms. The van der Waals surface area contributed by atoms with Crippen LogP contribution in [0.3, 0.4) is 0 Å². The van der Waals surface area contributed by atoms with Gasteiger partial charge >= 0.3 is 6.18 Å². The summed E-state index contributed by atoms with van der Waals surface area (Å²) in [5.41, 5.74) is 0.917. The Morgan fingerprint density at radius 3 is 2.23 bits per heavy atom. The minimum absolute atomic E-state index is 0.0785. The van der Waals surface area contributed by atoms with E-state index < -0.39 is 42.2 Å². The lowest BCUT2D eigenvalue weighted by molar-refractivity contribution is -0.123. The average molecular weight is 429 g/mol. The second-order valence-electron chi connectivity index (χ2n) is 6.70. The van der Waals surface area contributed by atoms with Gasteiger partial charge in [-0.05, 0) is 43.8 Å². The molecular formula is C20H20F5N3O2. The van der Waals surface area contributed by atoms with Crippen molar-refractivity contribution in [2.45, 2.75) is 25.7 Å². The van der Waals surface area contributed by atoms with E-state index in [-0.39, 0.29) is 11.3 Å². The van der Waals surface area contributed by atoms with Crippen LogP contribution in [0.1, 0.15) is 22.8 Å². The number of anilines is 1. The standard InChI is InChI=1S/C20H20F5N3O2/c1-12(18(29)27-15-7-8-16(21)17(22)9-15)28(2)10-13-3-5-14(6-4-13)19(30)26-11-20(23,24)25/h3-9,12H,10-11H2,1-2H3,(H,26,30)(H,27,29). The smallest absolute Gasteiger partial charge is 0.343 e. The molecule has 0 radical (unpaired) electrons. The number of halogens is 5. The van der Waals surface area contributed by atoms with Crippen molar-refractivity contribution < 1.29 is 31.5 Å². The van der Waals surface area contributed by atoms with Gasteiger partial charge in [-0.2, -0.15) is 13.2 Å². The highest BCUT2D eigenvalue weighted by molar-refractivity contribution is 5.95. The number of carbonyl (C=O) groups is 2. The summed E-state index contributed by atoms with van der Waals surface area (Å²) >= 11 is 0. The largest absolute Gasteiger partial charge is 0.405 e. The molecule has 1 unspecified atom stereocenters. The fourth-order valence-electron chi connectivity index (χ4n) is 2.49. The van der Waals surface area contributed by atoms with Crippen molar-refractivity contribution in [3.05, 3.63) is 65.2 Å². The van der Waals surface area contributed by atoms with Crippen LogP contribution in [0.2, 0.25) is 0 Å². The highest BCUT2D eigenvalue weighted by Gasteiger charge is 2.28. The Morgan fingerprint density at radius 2 is 1.67 bits per heavy atom. The molecule has 0 aromatic heterocycles. The maximum atomic E-state index is 13.3. The number of hydrogen-bond acceptors (Lipinski definition) is 3. The molecule has 0 saturated carbocycles. The van der Waals surface area contributed by atoms with E-state index in [2.05, 4.69) is 5.32 Å². The SMILES string of the molecule is CC(C(=O)Nc1ccc(F)c(F)c1)N(C)Cc1ccc(C(=O)NCC(F)(F)F)cc1. The molecule has 0 saturated heterocycles. The van der Waals surface area contributed by atoms with E-state index in [1.54, 1.807) is 36.3 Å². The zero-order chi connectivity index (χ0) is 22.5. The number of amides is 2. The second kappa shape index (κ2) is 9.66. The van der Waals surface area contributed by atoms with Gasteiger partial charge in [0.25, 0.3) is 5.91 Å². The van der Waals surface area contributed by atoms with E-state index in [1.165, 1.54) is 18.2 Å². The number of rotatable bonds is 7. The van der Waals surface area contributed by atoms with Crippen LogP contribution in [0.5, 0.6) is 0 Å². The highest BCUT2D eigenvalue weighted by Crippen LogP contribution is 2.16. The van der Waals surface area contributed by atoms with Crippen molar-refractivity contribution in [2.24, 2.45) is 0 Å². The Hall–Kier alpha value is -3.01. The van der Waals surface area contributed by atoms with Gasteiger partial charge in [-0.25, -0.2) is 8.78 Å². The molecule has 0 spiro atoms. The number of nitrogens with one attached hydrogen (secondary N) is 2. The number of hydrogen-bond donors (Lipinski definition) is 2.